The summed E-state index contributed by atoms with van der Waals surface area (Å²) in [5.74, 6) is 1.55. The van der Waals surface area contributed by atoms with Crippen LogP contribution in [0, 0.1) is 13.8 Å². The van der Waals surface area contributed by atoms with Gasteiger partial charge in [0.25, 0.3) is 0 Å². The van der Waals surface area contributed by atoms with E-state index < -0.39 is 28.3 Å². The molecular weight excluding hydrogens is 735 g/mol. The molecule has 0 radical (unpaired) electrons. The van der Waals surface area contributed by atoms with Crippen LogP contribution in [-0.4, -0.2) is 95.9 Å². The number of thioether (sulfide) groups is 1. The van der Waals surface area contributed by atoms with Crippen LogP contribution in [0.5, 0.6) is 28.7 Å². The lowest BCUT2D eigenvalue weighted by molar-refractivity contribution is -0.160. The molecule has 4 bridgehead atoms. The number of carbonyl (C=O) groups is 2. The second kappa shape index (κ2) is 12.5. The lowest BCUT2D eigenvalue weighted by Gasteiger charge is -2.61. The largest absolute Gasteiger partial charge is 0.504 e. The van der Waals surface area contributed by atoms with Gasteiger partial charge in [0.05, 0.1) is 30.1 Å². The number of nitrogens with two attached hydrogens (primary N) is 1. The molecule has 5 N–H and O–H groups in total. The first-order valence-corrected chi connectivity index (χ1v) is 20.3. The van der Waals surface area contributed by atoms with Gasteiger partial charge in [0.15, 0.2) is 28.5 Å². The number of esters is 2. The lowest BCUT2D eigenvalue weighted by atomic mass is 9.76. The quantitative estimate of drug-likeness (QED) is 0.169. The number of methoxy groups -OCH3 is 1. The fourth-order valence-electron chi connectivity index (χ4n) is 11.2. The summed E-state index contributed by atoms with van der Waals surface area (Å²) in [4.78, 5) is 36.6. The minimum atomic E-state index is -1.28. The number of benzene rings is 3. The Labute approximate surface area is 329 Å². The Morgan fingerprint density at radius 2 is 1.91 bits per heavy atom. The summed E-state index contributed by atoms with van der Waals surface area (Å²) in [5.41, 5.74) is 12.4. The molecule has 56 heavy (non-hydrogen) atoms. The highest BCUT2D eigenvalue weighted by Crippen LogP contribution is 2.65. The summed E-state index contributed by atoms with van der Waals surface area (Å²) in [5, 5.41) is 16.5. The number of ether oxygens (including phenoxy) is 5. The van der Waals surface area contributed by atoms with Gasteiger partial charge in [-0.15, -0.1) is 11.8 Å². The van der Waals surface area contributed by atoms with E-state index in [1.807, 2.05) is 32.0 Å². The molecular formula is C42H47N5O8S. The Morgan fingerprint density at radius 3 is 2.68 bits per heavy atom. The molecule has 2 unspecified atom stereocenters. The molecule has 14 heteroatoms. The molecule has 1 spiro atoms. The van der Waals surface area contributed by atoms with E-state index in [2.05, 4.69) is 46.2 Å². The second-order valence-corrected chi connectivity index (χ2v) is 17.7. The van der Waals surface area contributed by atoms with Crippen molar-refractivity contribution in [2.45, 2.75) is 81.0 Å². The predicted molar refractivity (Wildman–Crippen MR) is 210 cm³/mol. The zero-order valence-corrected chi connectivity index (χ0v) is 33.2. The van der Waals surface area contributed by atoms with Gasteiger partial charge in [-0.25, -0.2) is 4.79 Å². The van der Waals surface area contributed by atoms with Crippen molar-refractivity contribution >= 4 is 34.6 Å². The van der Waals surface area contributed by atoms with E-state index in [9.17, 15) is 9.90 Å². The Morgan fingerprint density at radius 1 is 1.12 bits per heavy atom. The smallest absolute Gasteiger partial charge is 0.333 e. The number of carbonyl (C=O) groups excluding carboxylic acids is 2. The van der Waals surface area contributed by atoms with Gasteiger partial charge in [-0.2, -0.15) is 0 Å². The molecule has 294 valence electrons. The third-order valence-corrected chi connectivity index (χ3v) is 14.7. The Hall–Kier alpha value is -4.47. The molecule has 3 aromatic carbocycles. The molecule has 0 amide bonds. The Kier molecular flexibility index (Phi) is 8.02. The van der Waals surface area contributed by atoms with Crippen molar-refractivity contribution in [1.82, 2.24) is 20.1 Å². The number of hydrogen-bond acceptors (Lipinski definition) is 13. The molecule has 8 aliphatic heterocycles. The number of H-pyrrole nitrogens is 1. The monoisotopic (exact) mass is 781 g/mol. The summed E-state index contributed by atoms with van der Waals surface area (Å²) in [6, 6.07) is 8.90. The maximum absolute atomic E-state index is 15.1. The first-order chi connectivity index (χ1) is 26.9. The first-order valence-electron chi connectivity index (χ1n) is 19.3. The van der Waals surface area contributed by atoms with Gasteiger partial charge >= 0.3 is 11.9 Å². The average molecular weight is 782 g/mol. The number of aryl methyl sites for hydroxylation is 1. The number of phenolic OH excluding ortho intramolecular Hbond substituents is 1. The van der Waals surface area contributed by atoms with Crippen LogP contribution >= 0.6 is 11.8 Å². The average Bonchev–Trinajstić information content (AvgIpc) is 3.76. The molecule has 0 aliphatic carbocycles. The standard InChI is InChI=1S/C42H47N5O8S/c1-19-11-22-13-41(4)16-46(5)31(28(22)33(49)34(19)51-6)32-38-30-29(37-36(53-18-54-37)20(2)35(30)55-21(3)48)27(47(32)41)15-52-40(50)42(17-56-38)39-25(12-23(14-43)45-42)24-9-7-8-10-26(24)44-39/h7-11,23,27,31-32,38,44-45,49H,12-18,43H2,1-6H3/t23-,27+,31+,32-,38-,41?,42-/m1/s1. The SMILES string of the molecule is COc1c(C)cc2c(c1O)[C@H]1[C@@H]3[C@@H]4SC[C@]5(N[C@@H](CN)Cc6c5[nH]c5ccccc65)C(=O)OC[C@@H](c5c6c(c(C)c(OC(C)=O)c54)OCO6)N3C(C)(C2)CN1C. The third-order valence-electron chi connectivity index (χ3n) is 13.2. The van der Waals surface area contributed by atoms with Crippen molar-refractivity contribution in [1.29, 1.82) is 0 Å². The zero-order valence-electron chi connectivity index (χ0n) is 32.4. The molecule has 8 atom stereocenters. The zero-order chi connectivity index (χ0) is 39.0. The predicted octanol–water partition coefficient (Wildman–Crippen LogP) is 4.58. The summed E-state index contributed by atoms with van der Waals surface area (Å²) in [7, 11) is 3.70. The second-order valence-electron chi connectivity index (χ2n) is 16.6. The van der Waals surface area contributed by atoms with Crippen LogP contribution < -0.4 is 30.0 Å². The van der Waals surface area contributed by atoms with Crippen LogP contribution in [0.15, 0.2) is 30.3 Å². The maximum Gasteiger partial charge on any atom is 0.333 e. The fourth-order valence-corrected chi connectivity index (χ4v) is 12.9. The summed E-state index contributed by atoms with van der Waals surface area (Å²) < 4.78 is 31.2. The number of fused-ring (bicyclic) bond motifs is 8. The summed E-state index contributed by atoms with van der Waals surface area (Å²) in [6.45, 7) is 8.53. The van der Waals surface area contributed by atoms with E-state index in [0.29, 0.717) is 54.5 Å². The van der Waals surface area contributed by atoms with Gasteiger partial charge in [-0.3, -0.25) is 19.9 Å². The molecule has 1 aromatic heterocycles. The van der Waals surface area contributed by atoms with Crippen molar-refractivity contribution < 1.29 is 38.4 Å². The minimum absolute atomic E-state index is 0.0115. The van der Waals surface area contributed by atoms with Gasteiger partial charge in [-0.1, -0.05) is 24.3 Å². The summed E-state index contributed by atoms with van der Waals surface area (Å²) >= 11 is 1.63. The van der Waals surface area contributed by atoms with Crippen LogP contribution in [0.2, 0.25) is 0 Å². The number of piperazine rings is 1. The number of phenols is 1. The molecule has 12 rings (SSSR count). The van der Waals surface area contributed by atoms with E-state index >= 15 is 4.79 Å². The summed E-state index contributed by atoms with van der Waals surface area (Å²) in [6.07, 6.45) is 1.28. The van der Waals surface area contributed by atoms with E-state index in [4.69, 9.17) is 29.4 Å². The number of hydrogen-bond donors (Lipinski definition) is 4. The van der Waals surface area contributed by atoms with Crippen molar-refractivity contribution in [3.63, 3.8) is 0 Å². The normalized spacial score (nSPS) is 31.3. The minimum Gasteiger partial charge on any atom is -0.504 e. The van der Waals surface area contributed by atoms with Gasteiger partial charge in [-0.05, 0) is 63.4 Å². The number of nitrogens with one attached hydrogen (secondary N) is 2. The fraction of sp³-hybridized carbons (Fsp3) is 0.476. The molecule has 9 heterocycles. The number of nitrogens with zero attached hydrogens (tertiary/aromatic N) is 2. The number of para-hydroxylation sites is 1. The van der Waals surface area contributed by atoms with E-state index in [-0.39, 0.29) is 49.0 Å². The molecule has 8 aliphatic rings. The number of rotatable bonds is 3. The van der Waals surface area contributed by atoms with E-state index in [1.165, 1.54) is 6.92 Å². The van der Waals surface area contributed by atoms with Crippen molar-refractivity contribution in [3.05, 3.63) is 75.0 Å². The topological polar surface area (TPSA) is 161 Å². The molecule has 4 aromatic rings. The van der Waals surface area contributed by atoms with E-state index in [0.717, 1.165) is 50.0 Å². The molecule has 2 saturated heterocycles. The van der Waals surface area contributed by atoms with Crippen LogP contribution in [0.3, 0.4) is 0 Å². The van der Waals surface area contributed by atoms with Crippen LogP contribution in [0.1, 0.15) is 75.8 Å². The third kappa shape index (κ3) is 4.76. The van der Waals surface area contributed by atoms with Gasteiger partial charge < -0.3 is 39.5 Å². The molecule has 2 fully saturated rings. The number of likely N-dealkylation sites (N-methyl/N-ethyl adjacent to an activating group) is 1. The van der Waals surface area contributed by atoms with Crippen LogP contribution in [0.25, 0.3) is 10.9 Å². The highest BCUT2D eigenvalue weighted by atomic mass is 32.2. The van der Waals surface area contributed by atoms with Crippen LogP contribution in [0.4, 0.5) is 0 Å². The molecule has 0 saturated carbocycles. The number of aromatic nitrogens is 1. The number of aromatic hydroxyl groups is 1. The highest BCUT2D eigenvalue weighted by molar-refractivity contribution is 7.99. The van der Waals surface area contributed by atoms with Crippen LogP contribution in [-0.2, 0) is 32.7 Å². The van der Waals surface area contributed by atoms with Gasteiger partial charge in [0.2, 0.25) is 6.79 Å². The lowest BCUT2D eigenvalue weighted by Crippen LogP contribution is -2.69. The first kappa shape index (κ1) is 35.9. The highest BCUT2D eigenvalue weighted by Gasteiger charge is 2.63. The van der Waals surface area contributed by atoms with Gasteiger partial charge in [0, 0.05) is 76.5 Å². The molecule has 13 nitrogen and oxygen atoms in total. The Bertz CT molecular complexity index is 2370. The number of aromatic amines is 1. The van der Waals surface area contributed by atoms with Crippen molar-refractivity contribution in [2.75, 3.05) is 46.4 Å². The maximum atomic E-state index is 15.1. The van der Waals surface area contributed by atoms with Crippen molar-refractivity contribution in [2.24, 2.45) is 5.73 Å². The van der Waals surface area contributed by atoms with Crippen molar-refractivity contribution in [3.8, 4) is 28.7 Å². The Balaban J connectivity index is 1.26. The van der Waals surface area contributed by atoms with Gasteiger partial charge in [0.1, 0.15) is 12.4 Å². The van der Waals surface area contributed by atoms with E-state index in [1.54, 1.807) is 18.9 Å².